The summed E-state index contributed by atoms with van der Waals surface area (Å²) in [6.45, 7) is 4.72. The lowest BCUT2D eigenvalue weighted by atomic mass is 9.81. The lowest BCUT2D eigenvalue weighted by molar-refractivity contribution is 0.661. The Balaban J connectivity index is 1.03. The van der Waals surface area contributed by atoms with Crippen LogP contribution >= 0.6 is 0 Å². The van der Waals surface area contributed by atoms with Gasteiger partial charge in [0.2, 0.25) is 0 Å². The Bertz CT molecular complexity index is 2780. The van der Waals surface area contributed by atoms with Crippen LogP contribution in [0.2, 0.25) is 0 Å². The molecule has 0 radical (unpaired) electrons. The highest BCUT2D eigenvalue weighted by Gasteiger charge is 2.35. The Morgan fingerprint density at radius 1 is 0.346 bits per heavy atom. The van der Waals surface area contributed by atoms with E-state index in [1.54, 1.807) is 0 Å². The van der Waals surface area contributed by atoms with Gasteiger partial charge in [-0.1, -0.05) is 147 Å². The Kier molecular flexibility index (Phi) is 6.91. The fourth-order valence-electron chi connectivity index (χ4n) is 8.52. The molecular weight excluding hydrogens is 627 g/mol. The maximum Gasteiger partial charge on any atom is 0.0462 e. The van der Waals surface area contributed by atoms with E-state index in [0.29, 0.717) is 0 Å². The summed E-state index contributed by atoms with van der Waals surface area (Å²) in [5.41, 5.74) is 13.8. The van der Waals surface area contributed by atoms with Crippen molar-refractivity contribution in [2.24, 2.45) is 0 Å². The minimum absolute atomic E-state index is 0.0105. The SMILES string of the molecule is CC1(C)c2ccccc2-c2cc3c(ccc4ccc5cc(-c6ccc(N(c7ccccc7)c7ccc(-c8ccccc8)cc7)cc6)ccc5c43)cc21. The second-order valence-corrected chi connectivity index (χ2v) is 14.6. The fraction of sp³-hybridized carbons (Fsp3) is 0.0588. The number of benzene rings is 9. The van der Waals surface area contributed by atoms with Gasteiger partial charge in [-0.3, -0.25) is 0 Å². The van der Waals surface area contributed by atoms with Crippen LogP contribution in [0.15, 0.2) is 188 Å². The molecule has 0 saturated carbocycles. The molecular formula is C51H37N. The second-order valence-electron chi connectivity index (χ2n) is 14.6. The molecule has 0 amide bonds. The zero-order valence-electron chi connectivity index (χ0n) is 29.3. The van der Waals surface area contributed by atoms with Gasteiger partial charge in [0.05, 0.1) is 0 Å². The molecule has 9 aromatic carbocycles. The molecule has 246 valence electrons. The van der Waals surface area contributed by atoms with Gasteiger partial charge in [0.25, 0.3) is 0 Å². The van der Waals surface area contributed by atoms with Gasteiger partial charge in [-0.15, -0.1) is 0 Å². The van der Waals surface area contributed by atoms with Crippen molar-refractivity contribution in [1.29, 1.82) is 0 Å². The number of anilines is 3. The quantitative estimate of drug-likeness (QED) is 0.166. The van der Waals surface area contributed by atoms with Crippen LogP contribution in [0.3, 0.4) is 0 Å². The molecule has 0 N–H and O–H groups in total. The van der Waals surface area contributed by atoms with Gasteiger partial charge in [-0.05, 0) is 131 Å². The Labute approximate surface area is 305 Å². The molecule has 0 fully saturated rings. The van der Waals surface area contributed by atoms with Gasteiger partial charge in [0.1, 0.15) is 0 Å². The summed E-state index contributed by atoms with van der Waals surface area (Å²) < 4.78 is 0. The monoisotopic (exact) mass is 663 g/mol. The molecule has 52 heavy (non-hydrogen) atoms. The number of para-hydroxylation sites is 1. The molecule has 1 aliphatic rings. The van der Waals surface area contributed by atoms with Crippen LogP contribution in [0.4, 0.5) is 17.1 Å². The van der Waals surface area contributed by atoms with Crippen molar-refractivity contribution in [3.8, 4) is 33.4 Å². The van der Waals surface area contributed by atoms with E-state index >= 15 is 0 Å². The third-order valence-electron chi connectivity index (χ3n) is 11.2. The van der Waals surface area contributed by atoms with Gasteiger partial charge >= 0.3 is 0 Å². The van der Waals surface area contributed by atoms with Crippen LogP contribution < -0.4 is 4.90 Å². The summed E-state index contributed by atoms with van der Waals surface area (Å²) in [5, 5.41) is 7.79. The maximum atomic E-state index is 2.46. The van der Waals surface area contributed by atoms with Crippen molar-refractivity contribution in [1.82, 2.24) is 0 Å². The Morgan fingerprint density at radius 3 is 1.56 bits per heavy atom. The standard InChI is InChI=1S/C51H37N/c1-51(2)48-16-10-9-15-45(48)47-33-46-40(32-49(47)51)20-18-37-17-19-39-31-38(25-30-44(39)50(37)46)36-23-28-43(29-24-36)52(41-13-7-4-8-14-41)42-26-21-35(22-27-42)34-11-5-3-6-12-34/h3-33H,1-2H3. The third kappa shape index (κ3) is 4.85. The van der Waals surface area contributed by atoms with Crippen LogP contribution in [0.1, 0.15) is 25.0 Å². The van der Waals surface area contributed by atoms with Crippen LogP contribution in [0.25, 0.3) is 65.7 Å². The van der Waals surface area contributed by atoms with Gasteiger partial charge in [0, 0.05) is 22.5 Å². The molecule has 9 aromatic rings. The second kappa shape index (κ2) is 11.8. The van der Waals surface area contributed by atoms with Crippen molar-refractivity contribution in [2.45, 2.75) is 19.3 Å². The molecule has 0 spiro atoms. The first-order valence-corrected chi connectivity index (χ1v) is 18.2. The van der Waals surface area contributed by atoms with E-state index in [0.717, 1.165) is 17.1 Å². The maximum absolute atomic E-state index is 2.46. The summed E-state index contributed by atoms with van der Waals surface area (Å²) >= 11 is 0. The minimum Gasteiger partial charge on any atom is -0.311 e. The first kappa shape index (κ1) is 30.4. The smallest absolute Gasteiger partial charge is 0.0462 e. The fourth-order valence-corrected chi connectivity index (χ4v) is 8.52. The molecule has 1 heteroatoms. The van der Waals surface area contributed by atoms with Crippen molar-refractivity contribution in [3.63, 3.8) is 0 Å². The first-order chi connectivity index (χ1) is 25.5. The molecule has 0 heterocycles. The number of fused-ring (bicyclic) bond motifs is 8. The van der Waals surface area contributed by atoms with Crippen molar-refractivity contribution < 1.29 is 0 Å². The lowest BCUT2D eigenvalue weighted by Crippen LogP contribution is -2.14. The highest BCUT2D eigenvalue weighted by atomic mass is 15.1. The molecule has 0 atom stereocenters. The van der Waals surface area contributed by atoms with Gasteiger partial charge in [-0.2, -0.15) is 0 Å². The zero-order chi connectivity index (χ0) is 34.8. The van der Waals surface area contributed by atoms with Crippen LogP contribution in [-0.2, 0) is 5.41 Å². The number of rotatable bonds is 5. The molecule has 1 aliphatic carbocycles. The summed E-state index contributed by atoms with van der Waals surface area (Å²) in [5.74, 6) is 0. The lowest BCUT2D eigenvalue weighted by Gasteiger charge is -2.26. The van der Waals surface area contributed by atoms with E-state index in [2.05, 4.69) is 207 Å². The zero-order valence-corrected chi connectivity index (χ0v) is 29.3. The topological polar surface area (TPSA) is 3.24 Å². The van der Waals surface area contributed by atoms with Crippen LogP contribution in [-0.4, -0.2) is 0 Å². The average Bonchev–Trinajstić information content (AvgIpc) is 3.43. The summed E-state index contributed by atoms with van der Waals surface area (Å²) in [7, 11) is 0. The Hall–Kier alpha value is -6.44. The summed E-state index contributed by atoms with van der Waals surface area (Å²) in [4.78, 5) is 2.33. The van der Waals surface area contributed by atoms with E-state index in [1.807, 2.05) is 0 Å². The summed E-state index contributed by atoms with van der Waals surface area (Å²) in [6, 6.07) is 69.0. The summed E-state index contributed by atoms with van der Waals surface area (Å²) in [6.07, 6.45) is 0. The van der Waals surface area contributed by atoms with E-state index in [9.17, 15) is 0 Å². The third-order valence-corrected chi connectivity index (χ3v) is 11.2. The predicted octanol–water partition coefficient (Wildman–Crippen LogP) is 14.3. The van der Waals surface area contributed by atoms with Gasteiger partial charge < -0.3 is 4.90 Å². The van der Waals surface area contributed by atoms with Crippen molar-refractivity contribution in [3.05, 3.63) is 199 Å². The van der Waals surface area contributed by atoms with E-state index in [1.165, 1.54) is 76.8 Å². The highest BCUT2D eigenvalue weighted by Crippen LogP contribution is 2.50. The van der Waals surface area contributed by atoms with Gasteiger partial charge in [-0.25, -0.2) is 0 Å². The van der Waals surface area contributed by atoms with Crippen LogP contribution in [0, 0.1) is 0 Å². The van der Waals surface area contributed by atoms with Gasteiger partial charge in [0.15, 0.2) is 0 Å². The van der Waals surface area contributed by atoms with E-state index in [4.69, 9.17) is 0 Å². The number of nitrogens with zero attached hydrogens (tertiary/aromatic N) is 1. The predicted molar refractivity (Wildman–Crippen MR) is 222 cm³/mol. The number of hydrogen-bond donors (Lipinski definition) is 0. The van der Waals surface area contributed by atoms with E-state index < -0.39 is 0 Å². The van der Waals surface area contributed by atoms with Crippen molar-refractivity contribution >= 4 is 49.4 Å². The Morgan fingerprint density at radius 2 is 0.865 bits per heavy atom. The highest BCUT2D eigenvalue weighted by molar-refractivity contribution is 6.21. The molecule has 0 aliphatic heterocycles. The average molecular weight is 664 g/mol. The largest absolute Gasteiger partial charge is 0.311 e. The molecule has 0 unspecified atom stereocenters. The van der Waals surface area contributed by atoms with E-state index in [-0.39, 0.29) is 5.41 Å². The molecule has 10 rings (SSSR count). The molecule has 1 nitrogen and oxygen atoms in total. The first-order valence-electron chi connectivity index (χ1n) is 18.2. The molecule has 0 saturated heterocycles. The van der Waals surface area contributed by atoms with Crippen molar-refractivity contribution in [2.75, 3.05) is 4.90 Å². The molecule has 0 bridgehead atoms. The number of hydrogen-bond acceptors (Lipinski definition) is 1. The normalized spacial score (nSPS) is 13.0. The molecule has 0 aromatic heterocycles. The minimum atomic E-state index is -0.0105. The van der Waals surface area contributed by atoms with Crippen LogP contribution in [0.5, 0.6) is 0 Å².